The van der Waals surface area contributed by atoms with E-state index in [0.29, 0.717) is 0 Å². The number of halogens is 4. The summed E-state index contributed by atoms with van der Waals surface area (Å²) in [4.78, 5) is 11.2. The average molecular weight is 269 g/mol. The molecule has 1 amide bonds. The second-order valence-electron chi connectivity index (χ2n) is 3.32. The molecule has 0 spiro atoms. The number of amides is 1. The van der Waals surface area contributed by atoms with E-state index in [1.54, 1.807) is 0 Å². The topological polar surface area (TPSA) is 55.1 Å². The van der Waals surface area contributed by atoms with Crippen LogP contribution in [0, 0.1) is 0 Å². The first-order chi connectivity index (χ1) is 7.32. The van der Waals surface area contributed by atoms with E-state index in [-0.39, 0.29) is 18.1 Å². The molecule has 1 aromatic rings. The molecule has 1 aromatic carbocycles. The summed E-state index contributed by atoms with van der Waals surface area (Å²) in [6, 6.07) is 3.89. The molecular formula is C10H12ClF3N2O. The van der Waals surface area contributed by atoms with E-state index in [1.165, 1.54) is 25.1 Å². The Hall–Kier alpha value is -1.27. The van der Waals surface area contributed by atoms with Gasteiger partial charge in [-0.05, 0) is 19.1 Å². The van der Waals surface area contributed by atoms with Crippen LogP contribution in [-0.4, -0.2) is 11.9 Å². The van der Waals surface area contributed by atoms with E-state index in [9.17, 15) is 18.0 Å². The highest BCUT2D eigenvalue weighted by atomic mass is 35.5. The van der Waals surface area contributed by atoms with Crippen LogP contribution in [0.15, 0.2) is 24.3 Å². The third kappa shape index (κ3) is 4.24. The first-order valence-electron chi connectivity index (χ1n) is 4.55. The Morgan fingerprint density at radius 2 is 1.88 bits per heavy atom. The zero-order chi connectivity index (χ0) is 12.3. The first kappa shape index (κ1) is 15.7. The van der Waals surface area contributed by atoms with Gasteiger partial charge in [0.15, 0.2) is 0 Å². The summed E-state index contributed by atoms with van der Waals surface area (Å²) in [5, 5.41) is 2.13. The Kier molecular flexibility index (Phi) is 5.44. The number of carbonyl (C=O) groups is 1. The Morgan fingerprint density at radius 3 is 2.35 bits per heavy atom. The summed E-state index contributed by atoms with van der Waals surface area (Å²) < 4.78 is 37.6. The van der Waals surface area contributed by atoms with Crippen molar-refractivity contribution in [2.24, 2.45) is 5.73 Å². The van der Waals surface area contributed by atoms with Gasteiger partial charge in [0.2, 0.25) is 5.91 Å². The number of hydrogen-bond donors (Lipinski definition) is 2. The molecule has 0 saturated heterocycles. The van der Waals surface area contributed by atoms with E-state index in [2.05, 4.69) is 5.32 Å². The van der Waals surface area contributed by atoms with E-state index >= 15 is 0 Å². The van der Waals surface area contributed by atoms with Gasteiger partial charge in [0.1, 0.15) is 0 Å². The van der Waals surface area contributed by atoms with Gasteiger partial charge in [-0.2, -0.15) is 13.2 Å². The summed E-state index contributed by atoms with van der Waals surface area (Å²) in [6.07, 6.45) is -4.50. The number of alkyl halides is 3. The molecule has 0 fully saturated rings. The maximum atomic E-state index is 12.5. The predicted octanol–water partition coefficient (Wildman–Crippen LogP) is 2.41. The molecule has 1 atom stereocenters. The van der Waals surface area contributed by atoms with Gasteiger partial charge in [-0.3, -0.25) is 4.79 Å². The number of nitrogens with two attached hydrogens (primary N) is 1. The molecule has 0 bridgehead atoms. The third-order valence-corrected chi connectivity index (χ3v) is 1.90. The highest BCUT2D eigenvalue weighted by Crippen LogP contribution is 2.34. The lowest BCUT2D eigenvalue weighted by molar-refractivity contribution is -0.137. The molecule has 3 nitrogen and oxygen atoms in total. The molecule has 0 aliphatic carbocycles. The van der Waals surface area contributed by atoms with E-state index in [0.717, 1.165) is 6.07 Å². The minimum atomic E-state index is -4.50. The van der Waals surface area contributed by atoms with Crippen molar-refractivity contribution in [1.29, 1.82) is 0 Å². The lowest BCUT2D eigenvalue weighted by Gasteiger charge is -2.14. The molecule has 0 saturated carbocycles. The predicted molar refractivity (Wildman–Crippen MR) is 61.0 cm³/mol. The van der Waals surface area contributed by atoms with Gasteiger partial charge in [0, 0.05) is 0 Å². The van der Waals surface area contributed by atoms with Crippen molar-refractivity contribution in [1.82, 2.24) is 0 Å². The fraction of sp³-hybridized carbons (Fsp3) is 0.300. The fourth-order valence-electron chi connectivity index (χ4n) is 1.09. The second-order valence-corrected chi connectivity index (χ2v) is 3.32. The molecule has 7 heteroatoms. The normalized spacial score (nSPS) is 12.5. The lowest BCUT2D eigenvalue weighted by atomic mass is 10.1. The number of anilines is 1. The highest BCUT2D eigenvalue weighted by molar-refractivity contribution is 5.95. The SMILES string of the molecule is CC(N)C(=O)Nc1ccccc1C(F)(F)F.Cl. The molecule has 0 aromatic heterocycles. The molecule has 0 aliphatic heterocycles. The van der Waals surface area contributed by atoms with Gasteiger partial charge in [-0.1, -0.05) is 12.1 Å². The van der Waals surface area contributed by atoms with Gasteiger partial charge < -0.3 is 11.1 Å². The molecule has 3 N–H and O–H groups in total. The van der Waals surface area contributed by atoms with Crippen LogP contribution in [0.25, 0.3) is 0 Å². The van der Waals surface area contributed by atoms with Crippen molar-refractivity contribution in [2.75, 3.05) is 5.32 Å². The van der Waals surface area contributed by atoms with E-state index in [4.69, 9.17) is 5.73 Å². The van der Waals surface area contributed by atoms with Crippen LogP contribution in [0.2, 0.25) is 0 Å². The number of para-hydroxylation sites is 1. The van der Waals surface area contributed by atoms with Gasteiger partial charge in [0.25, 0.3) is 0 Å². The summed E-state index contributed by atoms with van der Waals surface area (Å²) >= 11 is 0. The van der Waals surface area contributed by atoms with Crippen LogP contribution in [0.3, 0.4) is 0 Å². The maximum absolute atomic E-state index is 12.5. The Morgan fingerprint density at radius 1 is 1.35 bits per heavy atom. The molecule has 1 rings (SSSR count). The molecular weight excluding hydrogens is 257 g/mol. The van der Waals surface area contributed by atoms with Crippen molar-refractivity contribution < 1.29 is 18.0 Å². The van der Waals surface area contributed by atoms with Crippen LogP contribution < -0.4 is 11.1 Å². The largest absolute Gasteiger partial charge is 0.418 e. The zero-order valence-corrected chi connectivity index (χ0v) is 9.73. The molecule has 1 unspecified atom stereocenters. The lowest BCUT2D eigenvalue weighted by Crippen LogP contribution is -2.33. The Balaban J connectivity index is 0.00000256. The van der Waals surface area contributed by atoms with Crippen LogP contribution in [0.1, 0.15) is 12.5 Å². The van der Waals surface area contributed by atoms with E-state index in [1.807, 2.05) is 0 Å². The van der Waals surface area contributed by atoms with E-state index < -0.39 is 23.7 Å². The summed E-state index contributed by atoms with van der Waals surface area (Å²) in [6.45, 7) is 1.39. The summed E-state index contributed by atoms with van der Waals surface area (Å²) in [7, 11) is 0. The van der Waals surface area contributed by atoms with Gasteiger partial charge in [-0.15, -0.1) is 12.4 Å². The van der Waals surface area contributed by atoms with Crippen molar-refractivity contribution in [3.05, 3.63) is 29.8 Å². The van der Waals surface area contributed by atoms with Crippen molar-refractivity contribution in [3.8, 4) is 0 Å². The average Bonchev–Trinajstić information content (AvgIpc) is 2.16. The molecule has 0 aliphatic rings. The molecule has 0 radical (unpaired) electrons. The van der Waals surface area contributed by atoms with Crippen molar-refractivity contribution >= 4 is 24.0 Å². The van der Waals surface area contributed by atoms with Crippen LogP contribution >= 0.6 is 12.4 Å². The van der Waals surface area contributed by atoms with Crippen molar-refractivity contribution in [3.63, 3.8) is 0 Å². The summed E-state index contributed by atoms with van der Waals surface area (Å²) in [5.41, 5.74) is 4.08. The third-order valence-electron chi connectivity index (χ3n) is 1.90. The monoisotopic (exact) mass is 268 g/mol. The van der Waals surface area contributed by atoms with Gasteiger partial charge in [-0.25, -0.2) is 0 Å². The standard InChI is InChI=1S/C10H11F3N2O.ClH/c1-6(14)9(16)15-8-5-3-2-4-7(8)10(11,12)13;/h2-6H,14H2,1H3,(H,15,16);1H. The molecule has 0 heterocycles. The smallest absolute Gasteiger partial charge is 0.324 e. The fourth-order valence-corrected chi connectivity index (χ4v) is 1.09. The van der Waals surface area contributed by atoms with Crippen LogP contribution in [0.5, 0.6) is 0 Å². The number of rotatable bonds is 2. The van der Waals surface area contributed by atoms with Gasteiger partial charge >= 0.3 is 6.18 Å². The molecule has 96 valence electrons. The summed E-state index contributed by atoms with van der Waals surface area (Å²) in [5.74, 6) is -0.656. The molecule has 17 heavy (non-hydrogen) atoms. The minimum absolute atomic E-state index is 0. The van der Waals surface area contributed by atoms with Crippen LogP contribution in [0.4, 0.5) is 18.9 Å². The number of benzene rings is 1. The minimum Gasteiger partial charge on any atom is -0.324 e. The number of nitrogens with one attached hydrogen (secondary N) is 1. The Labute approximate surface area is 103 Å². The zero-order valence-electron chi connectivity index (χ0n) is 8.91. The highest BCUT2D eigenvalue weighted by Gasteiger charge is 2.33. The number of carbonyl (C=O) groups excluding carboxylic acids is 1. The van der Waals surface area contributed by atoms with Crippen LogP contribution in [-0.2, 0) is 11.0 Å². The maximum Gasteiger partial charge on any atom is 0.418 e. The second kappa shape index (κ2) is 5.88. The quantitative estimate of drug-likeness (QED) is 0.865. The van der Waals surface area contributed by atoms with Crippen molar-refractivity contribution in [2.45, 2.75) is 19.1 Å². The first-order valence-corrected chi connectivity index (χ1v) is 4.55. The number of hydrogen-bond acceptors (Lipinski definition) is 2. The Bertz CT molecular complexity index is 393. The van der Waals surface area contributed by atoms with Gasteiger partial charge in [0.05, 0.1) is 17.3 Å².